The number of carbonyl (C=O) groups is 2. The first-order valence-corrected chi connectivity index (χ1v) is 13.0. The summed E-state index contributed by atoms with van der Waals surface area (Å²) in [4.78, 5) is 27.3. The van der Waals surface area contributed by atoms with E-state index in [9.17, 15) is 18.0 Å². The molecule has 0 bridgehead atoms. The van der Waals surface area contributed by atoms with Crippen LogP contribution in [0.25, 0.3) is 0 Å². The number of para-hydroxylation sites is 2. The Balaban J connectivity index is 1.69. The molecule has 0 spiro atoms. The Kier molecular flexibility index (Phi) is 7.80. The zero-order chi connectivity index (χ0) is 26.6. The standard InChI is InChI=1S/C27H28N2O7S/c1-19-15-21(13-14-23(19)34-2)37(32,33)28(16-20-9-5-4-6-10-20)18-26(30)29-17-25(27(31)35-3)36-24-12-8-7-11-22(24)29/h4-15,25H,16-18H2,1-3H3/t25-/m0/s1. The predicted octanol–water partition coefficient (Wildman–Crippen LogP) is 3.16. The summed E-state index contributed by atoms with van der Waals surface area (Å²) in [7, 11) is -1.33. The molecule has 9 nitrogen and oxygen atoms in total. The lowest BCUT2D eigenvalue weighted by molar-refractivity contribution is -0.148. The molecule has 0 radical (unpaired) electrons. The van der Waals surface area contributed by atoms with Crippen molar-refractivity contribution in [1.82, 2.24) is 4.31 Å². The number of nitrogens with zero attached hydrogens (tertiary/aromatic N) is 2. The molecule has 1 aliphatic heterocycles. The van der Waals surface area contributed by atoms with Crippen LogP contribution in [0.2, 0.25) is 0 Å². The van der Waals surface area contributed by atoms with Crippen molar-refractivity contribution in [3.05, 3.63) is 83.9 Å². The van der Waals surface area contributed by atoms with Crippen molar-refractivity contribution in [2.75, 3.05) is 32.2 Å². The van der Waals surface area contributed by atoms with Crippen molar-refractivity contribution in [2.24, 2.45) is 0 Å². The van der Waals surface area contributed by atoms with E-state index in [0.717, 1.165) is 9.87 Å². The van der Waals surface area contributed by atoms with Crippen molar-refractivity contribution < 1.29 is 32.2 Å². The topological polar surface area (TPSA) is 102 Å². The Labute approximate surface area is 216 Å². The van der Waals surface area contributed by atoms with Crippen molar-refractivity contribution in [3.8, 4) is 11.5 Å². The Morgan fingerprint density at radius 1 is 1.03 bits per heavy atom. The van der Waals surface area contributed by atoms with Crippen molar-refractivity contribution in [2.45, 2.75) is 24.5 Å². The van der Waals surface area contributed by atoms with Gasteiger partial charge in [0, 0.05) is 6.54 Å². The summed E-state index contributed by atoms with van der Waals surface area (Å²) in [6, 6.07) is 20.4. The van der Waals surface area contributed by atoms with Crippen molar-refractivity contribution in [1.29, 1.82) is 0 Å². The van der Waals surface area contributed by atoms with Crippen molar-refractivity contribution >= 4 is 27.6 Å². The minimum atomic E-state index is -4.08. The van der Waals surface area contributed by atoms with Gasteiger partial charge in [0.2, 0.25) is 22.0 Å². The van der Waals surface area contributed by atoms with Crippen LogP contribution in [0.15, 0.2) is 77.7 Å². The van der Waals surface area contributed by atoms with Gasteiger partial charge in [0.15, 0.2) is 0 Å². The number of benzene rings is 3. The van der Waals surface area contributed by atoms with Gasteiger partial charge in [-0.05, 0) is 48.4 Å². The highest BCUT2D eigenvalue weighted by Crippen LogP contribution is 2.34. The van der Waals surface area contributed by atoms with E-state index >= 15 is 0 Å². The first-order chi connectivity index (χ1) is 17.7. The molecule has 1 heterocycles. The molecule has 1 atom stereocenters. The summed E-state index contributed by atoms with van der Waals surface area (Å²) in [5, 5.41) is 0. The second-order valence-corrected chi connectivity index (χ2v) is 10.4. The fourth-order valence-electron chi connectivity index (χ4n) is 4.13. The minimum Gasteiger partial charge on any atom is -0.496 e. The summed E-state index contributed by atoms with van der Waals surface area (Å²) in [5.41, 5.74) is 1.82. The Morgan fingerprint density at radius 2 is 1.73 bits per heavy atom. The third-order valence-electron chi connectivity index (χ3n) is 6.06. The van der Waals surface area contributed by atoms with Gasteiger partial charge >= 0.3 is 5.97 Å². The quantitative estimate of drug-likeness (QED) is 0.417. The molecule has 0 aliphatic carbocycles. The normalized spacial score (nSPS) is 15.0. The zero-order valence-electron chi connectivity index (χ0n) is 20.8. The number of ether oxygens (including phenoxy) is 3. The molecular weight excluding hydrogens is 496 g/mol. The van der Waals surface area contributed by atoms with Gasteiger partial charge in [0.1, 0.15) is 11.5 Å². The third kappa shape index (κ3) is 5.60. The summed E-state index contributed by atoms with van der Waals surface area (Å²) in [6.07, 6.45) is -1.03. The number of rotatable bonds is 8. The molecule has 194 valence electrons. The van der Waals surface area contributed by atoms with Gasteiger partial charge in [-0.25, -0.2) is 13.2 Å². The van der Waals surface area contributed by atoms with Gasteiger partial charge in [0.05, 0.1) is 37.9 Å². The fourth-order valence-corrected chi connectivity index (χ4v) is 5.60. The molecule has 1 aliphatic rings. The SMILES string of the molecule is COC(=O)[C@@H]1CN(C(=O)CN(Cc2ccccc2)S(=O)(=O)c2ccc(OC)c(C)c2)c2ccccc2O1. The number of anilines is 1. The highest BCUT2D eigenvalue weighted by Gasteiger charge is 2.36. The highest BCUT2D eigenvalue weighted by atomic mass is 32.2. The molecule has 0 saturated heterocycles. The Morgan fingerprint density at radius 3 is 2.41 bits per heavy atom. The molecule has 0 N–H and O–H groups in total. The summed E-state index contributed by atoms with van der Waals surface area (Å²) < 4.78 is 44.5. The van der Waals surface area contributed by atoms with E-state index in [-0.39, 0.29) is 18.0 Å². The molecule has 0 fully saturated rings. The lowest BCUT2D eigenvalue weighted by Gasteiger charge is -2.34. The molecule has 0 aromatic heterocycles. The van der Waals surface area contributed by atoms with Gasteiger partial charge in [-0.15, -0.1) is 0 Å². The number of aryl methyl sites for hydroxylation is 1. The summed E-state index contributed by atoms with van der Waals surface area (Å²) >= 11 is 0. The number of fused-ring (bicyclic) bond motifs is 1. The largest absolute Gasteiger partial charge is 0.496 e. The first-order valence-electron chi connectivity index (χ1n) is 11.6. The predicted molar refractivity (Wildman–Crippen MR) is 137 cm³/mol. The molecule has 37 heavy (non-hydrogen) atoms. The molecule has 4 rings (SSSR count). The van der Waals surface area contributed by atoms with Gasteiger partial charge in [0.25, 0.3) is 0 Å². The summed E-state index contributed by atoms with van der Waals surface area (Å²) in [5.74, 6) is -0.242. The molecule has 0 saturated carbocycles. The average molecular weight is 525 g/mol. The van der Waals surface area contributed by atoms with Crippen LogP contribution in [-0.2, 0) is 30.9 Å². The molecule has 3 aromatic rings. The fraction of sp³-hybridized carbons (Fsp3) is 0.259. The van der Waals surface area contributed by atoms with Crippen LogP contribution in [0.1, 0.15) is 11.1 Å². The number of carbonyl (C=O) groups excluding carboxylic acids is 2. The lowest BCUT2D eigenvalue weighted by Crippen LogP contribution is -2.50. The minimum absolute atomic E-state index is 0.0214. The molecular formula is C27H28N2O7S. The average Bonchev–Trinajstić information content (AvgIpc) is 2.92. The van der Waals surface area contributed by atoms with Crippen LogP contribution < -0.4 is 14.4 Å². The van der Waals surface area contributed by atoms with Gasteiger partial charge in [-0.1, -0.05) is 42.5 Å². The summed E-state index contributed by atoms with van der Waals surface area (Å²) in [6.45, 7) is 1.17. The molecule has 10 heteroatoms. The van der Waals surface area contributed by atoms with Crippen LogP contribution in [0.5, 0.6) is 11.5 Å². The maximum Gasteiger partial charge on any atom is 0.348 e. The molecule has 3 aromatic carbocycles. The zero-order valence-corrected chi connectivity index (χ0v) is 21.6. The van der Waals surface area contributed by atoms with Gasteiger partial charge in [-0.2, -0.15) is 4.31 Å². The number of sulfonamides is 1. The first kappa shape index (κ1) is 26.2. The van der Waals surface area contributed by atoms with E-state index in [2.05, 4.69) is 0 Å². The van der Waals surface area contributed by atoms with Crippen LogP contribution in [-0.4, -0.2) is 58.0 Å². The van der Waals surface area contributed by atoms with Gasteiger partial charge < -0.3 is 19.1 Å². The smallest absolute Gasteiger partial charge is 0.348 e. The van der Waals surface area contributed by atoms with E-state index in [4.69, 9.17) is 14.2 Å². The van der Waals surface area contributed by atoms with Crippen molar-refractivity contribution in [3.63, 3.8) is 0 Å². The van der Waals surface area contributed by atoms with E-state index in [0.29, 0.717) is 22.7 Å². The second kappa shape index (κ2) is 11.0. The van der Waals surface area contributed by atoms with E-state index in [1.165, 1.54) is 31.3 Å². The maximum absolute atomic E-state index is 13.8. The lowest BCUT2D eigenvalue weighted by atomic mass is 10.2. The van der Waals surface area contributed by atoms with Crippen LogP contribution in [0.4, 0.5) is 5.69 Å². The monoisotopic (exact) mass is 524 g/mol. The van der Waals surface area contributed by atoms with E-state index in [1.54, 1.807) is 61.5 Å². The van der Waals surface area contributed by atoms with Crippen LogP contribution in [0.3, 0.4) is 0 Å². The Bertz CT molecular complexity index is 1390. The van der Waals surface area contributed by atoms with E-state index < -0.39 is 34.5 Å². The third-order valence-corrected chi connectivity index (χ3v) is 7.84. The number of methoxy groups -OCH3 is 2. The number of amides is 1. The number of esters is 1. The number of hydrogen-bond donors (Lipinski definition) is 0. The molecule has 0 unspecified atom stereocenters. The van der Waals surface area contributed by atoms with Crippen LogP contribution in [0, 0.1) is 6.92 Å². The second-order valence-electron chi connectivity index (χ2n) is 8.49. The maximum atomic E-state index is 13.8. The Hall–Kier alpha value is -3.89. The number of hydrogen-bond acceptors (Lipinski definition) is 7. The van der Waals surface area contributed by atoms with Crippen LogP contribution >= 0.6 is 0 Å². The molecule has 1 amide bonds. The van der Waals surface area contributed by atoms with E-state index in [1.807, 2.05) is 6.07 Å². The van der Waals surface area contributed by atoms with Gasteiger partial charge in [-0.3, -0.25) is 4.79 Å². The highest BCUT2D eigenvalue weighted by molar-refractivity contribution is 7.89.